The number of rotatable bonds is 5. The van der Waals surface area contributed by atoms with E-state index in [1.54, 1.807) is 22.5 Å². The molecule has 1 aromatic heterocycles. The Morgan fingerprint density at radius 2 is 1.97 bits per heavy atom. The van der Waals surface area contributed by atoms with E-state index in [9.17, 15) is 13.2 Å². The van der Waals surface area contributed by atoms with E-state index in [4.69, 9.17) is 0 Å². The maximum atomic E-state index is 13.1. The number of hydrogen-bond acceptors (Lipinski definition) is 5. The molecule has 1 fully saturated rings. The summed E-state index contributed by atoms with van der Waals surface area (Å²) in [6, 6.07) is 6.27. The van der Waals surface area contributed by atoms with Crippen molar-refractivity contribution in [2.75, 3.05) is 13.1 Å². The van der Waals surface area contributed by atoms with E-state index >= 15 is 0 Å². The largest absolute Gasteiger partial charge is 0.345 e. The molecule has 2 atom stereocenters. The highest BCUT2D eigenvalue weighted by molar-refractivity contribution is 7.89. The summed E-state index contributed by atoms with van der Waals surface area (Å²) in [6.07, 6.45) is 2.98. The molecule has 0 bridgehead atoms. The Morgan fingerprint density at radius 1 is 1.21 bits per heavy atom. The first-order valence-corrected chi connectivity index (χ1v) is 11.6. The number of carbonyl (C=O) groups is 1. The average Bonchev–Trinajstić information content (AvgIpc) is 3.29. The number of benzene rings is 1. The van der Waals surface area contributed by atoms with Crippen molar-refractivity contribution in [2.45, 2.75) is 51.1 Å². The van der Waals surface area contributed by atoms with Gasteiger partial charge in [-0.25, -0.2) is 8.42 Å². The van der Waals surface area contributed by atoms with Crippen LogP contribution in [0, 0.1) is 11.8 Å². The lowest BCUT2D eigenvalue weighted by atomic mass is 9.94. The number of hydrogen-bond donors (Lipinski definition) is 1. The number of aryl methyl sites for hydroxylation is 1. The molecule has 0 aliphatic carbocycles. The molecule has 2 aliphatic heterocycles. The lowest BCUT2D eigenvalue weighted by Crippen LogP contribution is -2.42. The Balaban J connectivity index is 1.48. The first-order chi connectivity index (χ1) is 13.8. The Kier molecular flexibility index (Phi) is 5.44. The molecule has 3 heterocycles. The van der Waals surface area contributed by atoms with E-state index in [-0.39, 0.29) is 17.3 Å². The van der Waals surface area contributed by atoms with Crippen LogP contribution in [-0.2, 0) is 29.5 Å². The van der Waals surface area contributed by atoms with Crippen LogP contribution >= 0.6 is 0 Å². The van der Waals surface area contributed by atoms with Crippen molar-refractivity contribution in [1.82, 2.24) is 24.4 Å². The highest BCUT2D eigenvalue weighted by Gasteiger charge is 2.32. The number of carbonyl (C=O) groups excluding carboxylic acids is 1. The minimum Gasteiger partial charge on any atom is -0.345 e. The third-order valence-electron chi connectivity index (χ3n) is 5.66. The number of piperidine rings is 1. The lowest BCUT2D eigenvalue weighted by Gasteiger charge is -2.34. The van der Waals surface area contributed by atoms with E-state index in [1.165, 1.54) is 6.07 Å². The van der Waals surface area contributed by atoms with Gasteiger partial charge < -0.3 is 9.88 Å². The SMILES string of the molecule is CC1CC(C)CN(S(=O)(=O)c2cccc(C(=O)NCc3nnc4n3CCC4)c2)C1. The molecule has 0 radical (unpaired) electrons. The van der Waals surface area contributed by atoms with Gasteiger partial charge in [-0.05, 0) is 42.9 Å². The van der Waals surface area contributed by atoms with E-state index < -0.39 is 10.0 Å². The quantitative estimate of drug-likeness (QED) is 0.800. The zero-order valence-electron chi connectivity index (χ0n) is 16.8. The van der Waals surface area contributed by atoms with Crippen molar-refractivity contribution in [3.63, 3.8) is 0 Å². The van der Waals surface area contributed by atoms with Crippen LogP contribution in [0.2, 0.25) is 0 Å². The summed E-state index contributed by atoms with van der Waals surface area (Å²) in [4.78, 5) is 12.8. The molecule has 9 heteroatoms. The maximum absolute atomic E-state index is 13.1. The molecule has 4 rings (SSSR count). The number of aromatic nitrogens is 3. The van der Waals surface area contributed by atoms with Crippen LogP contribution in [0.5, 0.6) is 0 Å². The fourth-order valence-corrected chi connectivity index (χ4v) is 6.08. The fraction of sp³-hybridized carbons (Fsp3) is 0.550. The molecule has 29 heavy (non-hydrogen) atoms. The lowest BCUT2D eigenvalue weighted by molar-refractivity contribution is 0.0949. The summed E-state index contributed by atoms with van der Waals surface area (Å²) in [6.45, 7) is 6.31. The topological polar surface area (TPSA) is 97.2 Å². The predicted octanol–water partition coefficient (Wildman–Crippen LogP) is 1.82. The maximum Gasteiger partial charge on any atom is 0.251 e. The number of fused-ring (bicyclic) bond motifs is 1. The Morgan fingerprint density at radius 3 is 2.72 bits per heavy atom. The summed E-state index contributed by atoms with van der Waals surface area (Å²) in [5.41, 5.74) is 0.324. The molecule has 2 aliphatic rings. The predicted molar refractivity (Wildman–Crippen MR) is 108 cm³/mol. The average molecular weight is 418 g/mol. The van der Waals surface area contributed by atoms with E-state index in [0.717, 1.165) is 37.5 Å². The van der Waals surface area contributed by atoms with Crippen LogP contribution in [0.3, 0.4) is 0 Å². The van der Waals surface area contributed by atoms with Crippen molar-refractivity contribution in [2.24, 2.45) is 11.8 Å². The molecule has 2 aromatic rings. The normalized spacial score (nSPS) is 22.4. The van der Waals surface area contributed by atoms with Gasteiger partial charge in [0.15, 0.2) is 5.82 Å². The summed E-state index contributed by atoms with van der Waals surface area (Å²) in [5.74, 6) is 2.01. The third kappa shape index (κ3) is 4.06. The molecule has 1 amide bonds. The fourth-order valence-electron chi connectivity index (χ4n) is 4.35. The Labute approximate surface area is 171 Å². The molecule has 156 valence electrons. The summed E-state index contributed by atoms with van der Waals surface area (Å²) in [7, 11) is -3.62. The molecule has 2 unspecified atom stereocenters. The molecule has 1 saturated heterocycles. The highest BCUT2D eigenvalue weighted by atomic mass is 32.2. The molecular formula is C20H27N5O3S. The Hall–Kier alpha value is -2.26. The van der Waals surface area contributed by atoms with Gasteiger partial charge >= 0.3 is 0 Å². The van der Waals surface area contributed by atoms with Crippen molar-refractivity contribution in [1.29, 1.82) is 0 Å². The third-order valence-corrected chi connectivity index (χ3v) is 7.49. The number of nitrogens with zero attached hydrogens (tertiary/aromatic N) is 4. The van der Waals surface area contributed by atoms with Crippen LogP contribution in [0.1, 0.15) is 48.7 Å². The zero-order chi connectivity index (χ0) is 20.6. The van der Waals surface area contributed by atoms with Gasteiger partial charge in [-0.15, -0.1) is 10.2 Å². The number of nitrogens with one attached hydrogen (secondary N) is 1. The first-order valence-electron chi connectivity index (χ1n) is 10.1. The summed E-state index contributed by atoms with van der Waals surface area (Å²) >= 11 is 0. The van der Waals surface area contributed by atoms with Crippen LogP contribution in [-0.4, -0.2) is 46.5 Å². The summed E-state index contributed by atoms with van der Waals surface area (Å²) < 4.78 is 29.8. The van der Waals surface area contributed by atoms with Gasteiger partial charge in [0.1, 0.15) is 5.82 Å². The van der Waals surface area contributed by atoms with E-state index in [2.05, 4.69) is 29.4 Å². The molecule has 0 saturated carbocycles. The van der Waals surface area contributed by atoms with Gasteiger partial charge in [0.25, 0.3) is 5.91 Å². The second kappa shape index (κ2) is 7.87. The van der Waals surface area contributed by atoms with Crippen molar-refractivity contribution in [3.05, 3.63) is 41.5 Å². The van der Waals surface area contributed by atoms with Gasteiger partial charge in [-0.2, -0.15) is 4.31 Å². The second-order valence-electron chi connectivity index (χ2n) is 8.27. The van der Waals surface area contributed by atoms with Crippen LogP contribution in [0.4, 0.5) is 0 Å². The minimum atomic E-state index is -3.62. The van der Waals surface area contributed by atoms with Crippen LogP contribution < -0.4 is 5.32 Å². The van der Waals surface area contributed by atoms with E-state index in [1.807, 2.05) is 4.57 Å². The van der Waals surface area contributed by atoms with Gasteiger partial charge in [-0.1, -0.05) is 19.9 Å². The van der Waals surface area contributed by atoms with Crippen molar-refractivity contribution >= 4 is 15.9 Å². The molecule has 0 spiro atoms. The zero-order valence-corrected chi connectivity index (χ0v) is 17.7. The monoisotopic (exact) mass is 417 g/mol. The van der Waals surface area contributed by atoms with Gasteiger partial charge in [0, 0.05) is 31.6 Å². The van der Waals surface area contributed by atoms with Gasteiger partial charge in [0.05, 0.1) is 11.4 Å². The molecule has 1 N–H and O–H groups in total. The van der Waals surface area contributed by atoms with Gasteiger partial charge in [0.2, 0.25) is 10.0 Å². The molecule has 1 aromatic carbocycles. The van der Waals surface area contributed by atoms with Crippen molar-refractivity contribution < 1.29 is 13.2 Å². The van der Waals surface area contributed by atoms with Crippen molar-refractivity contribution in [3.8, 4) is 0 Å². The smallest absolute Gasteiger partial charge is 0.251 e. The molecule has 8 nitrogen and oxygen atoms in total. The number of sulfonamides is 1. The van der Waals surface area contributed by atoms with E-state index in [0.29, 0.717) is 30.5 Å². The standard InChI is InChI=1S/C20H27N5O3S/c1-14-9-15(2)13-24(12-14)29(27,28)17-6-3-5-16(10-17)20(26)21-11-19-23-22-18-7-4-8-25(18)19/h3,5-6,10,14-15H,4,7-9,11-13H2,1-2H3,(H,21,26). The molecular weight excluding hydrogens is 390 g/mol. The minimum absolute atomic E-state index is 0.162. The van der Waals surface area contributed by atoms with Gasteiger partial charge in [-0.3, -0.25) is 4.79 Å². The highest BCUT2D eigenvalue weighted by Crippen LogP contribution is 2.27. The Bertz CT molecular complexity index is 1010. The van der Waals surface area contributed by atoms with Crippen LogP contribution in [0.25, 0.3) is 0 Å². The second-order valence-corrected chi connectivity index (χ2v) is 10.2. The first kappa shape index (κ1) is 20.0. The summed E-state index contributed by atoms with van der Waals surface area (Å²) in [5, 5.41) is 11.1. The number of amides is 1. The van der Waals surface area contributed by atoms with Crippen LogP contribution in [0.15, 0.2) is 29.2 Å².